The van der Waals surface area contributed by atoms with Gasteiger partial charge in [0.25, 0.3) is 0 Å². The first-order valence-electron chi connectivity index (χ1n) is 10.6. The highest BCUT2D eigenvalue weighted by Gasteiger charge is 2.32. The summed E-state index contributed by atoms with van der Waals surface area (Å²) in [5.41, 5.74) is 1.66. The molecule has 2 aromatic rings. The van der Waals surface area contributed by atoms with Gasteiger partial charge in [-0.15, -0.1) is 0 Å². The first-order chi connectivity index (χ1) is 14.5. The second-order valence-corrected chi connectivity index (χ2v) is 8.13. The van der Waals surface area contributed by atoms with Gasteiger partial charge in [-0.3, -0.25) is 14.5 Å². The summed E-state index contributed by atoms with van der Waals surface area (Å²) in [6, 6.07) is 14.0. The van der Waals surface area contributed by atoms with Crippen LogP contribution in [0.2, 0.25) is 0 Å². The lowest BCUT2D eigenvalue weighted by Crippen LogP contribution is -2.49. The summed E-state index contributed by atoms with van der Waals surface area (Å²) in [4.78, 5) is 27.8. The van der Waals surface area contributed by atoms with Crippen LogP contribution in [-0.4, -0.2) is 47.4 Å². The molecule has 6 nitrogen and oxygen atoms in total. The van der Waals surface area contributed by atoms with Crippen LogP contribution in [0.4, 0.5) is 0 Å². The van der Waals surface area contributed by atoms with Gasteiger partial charge in [0.15, 0.2) is 5.78 Å². The van der Waals surface area contributed by atoms with Crippen molar-refractivity contribution in [2.45, 2.75) is 38.3 Å². The minimum atomic E-state index is -0.246. The Balaban J connectivity index is 1.32. The van der Waals surface area contributed by atoms with Crippen LogP contribution < -0.4 is 10.1 Å². The van der Waals surface area contributed by atoms with E-state index in [9.17, 15) is 14.7 Å². The number of ketones is 1. The van der Waals surface area contributed by atoms with Crippen LogP contribution in [-0.2, 0) is 4.79 Å². The molecule has 0 aromatic heterocycles. The number of piperidine rings is 1. The molecule has 4 rings (SSSR count). The highest BCUT2D eigenvalue weighted by molar-refractivity contribution is 5.98. The highest BCUT2D eigenvalue weighted by atomic mass is 16.5. The molecular weight excluding hydrogens is 380 g/mol. The predicted molar refractivity (Wildman–Crippen MR) is 114 cm³/mol. The number of benzene rings is 2. The molecule has 0 spiro atoms. The van der Waals surface area contributed by atoms with Gasteiger partial charge in [0, 0.05) is 23.5 Å². The first kappa shape index (κ1) is 20.4. The third-order valence-corrected chi connectivity index (χ3v) is 6.25. The predicted octanol–water partition coefficient (Wildman–Crippen LogP) is 3.32. The summed E-state index contributed by atoms with van der Waals surface area (Å²) in [5.74, 6) is 1.10. The van der Waals surface area contributed by atoms with Crippen molar-refractivity contribution in [1.82, 2.24) is 10.2 Å². The first-order valence-corrected chi connectivity index (χ1v) is 10.6. The normalized spacial score (nSPS) is 20.6. The van der Waals surface area contributed by atoms with E-state index < -0.39 is 0 Å². The molecule has 2 unspecified atom stereocenters. The number of rotatable bonds is 5. The molecule has 0 saturated carbocycles. The molecule has 2 heterocycles. The lowest BCUT2D eigenvalue weighted by atomic mass is 9.88. The van der Waals surface area contributed by atoms with Crippen molar-refractivity contribution in [1.29, 1.82) is 0 Å². The zero-order valence-electron chi connectivity index (χ0n) is 17.2. The van der Waals surface area contributed by atoms with Crippen LogP contribution in [0.15, 0.2) is 48.5 Å². The Morgan fingerprint density at radius 1 is 1.07 bits per heavy atom. The minimum absolute atomic E-state index is 0.0139. The van der Waals surface area contributed by atoms with E-state index in [1.165, 1.54) is 0 Å². The fourth-order valence-corrected chi connectivity index (χ4v) is 4.36. The van der Waals surface area contributed by atoms with Crippen LogP contribution in [0.1, 0.15) is 48.1 Å². The standard InChI is InChI=1S/C24H28N2O4/c1-16(24(29)25-21-12-15-30-22-5-3-2-4-20(21)22)26-13-10-18(11-14-26)23(28)17-6-8-19(27)9-7-17/h2-9,16,18,21,27H,10-15H2,1H3,(H,25,29). The molecule has 6 heteroatoms. The van der Waals surface area contributed by atoms with Gasteiger partial charge in [-0.05, 0) is 63.2 Å². The van der Waals surface area contributed by atoms with E-state index in [0.29, 0.717) is 25.3 Å². The molecule has 1 fully saturated rings. The fourth-order valence-electron chi connectivity index (χ4n) is 4.36. The Hall–Kier alpha value is -2.86. The summed E-state index contributed by atoms with van der Waals surface area (Å²) < 4.78 is 5.68. The molecule has 1 amide bonds. The van der Waals surface area contributed by atoms with Crippen molar-refractivity contribution in [2.24, 2.45) is 5.92 Å². The summed E-state index contributed by atoms with van der Waals surface area (Å²) in [6.45, 7) is 3.96. The summed E-state index contributed by atoms with van der Waals surface area (Å²) >= 11 is 0. The van der Waals surface area contributed by atoms with E-state index in [2.05, 4.69) is 10.2 Å². The smallest absolute Gasteiger partial charge is 0.237 e. The van der Waals surface area contributed by atoms with Crippen molar-refractivity contribution in [3.63, 3.8) is 0 Å². The van der Waals surface area contributed by atoms with Crippen molar-refractivity contribution in [3.05, 3.63) is 59.7 Å². The van der Waals surface area contributed by atoms with Gasteiger partial charge in [0.05, 0.1) is 18.7 Å². The highest BCUT2D eigenvalue weighted by Crippen LogP contribution is 2.32. The van der Waals surface area contributed by atoms with Crippen LogP contribution in [0.3, 0.4) is 0 Å². The second-order valence-electron chi connectivity index (χ2n) is 8.13. The van der Waals surface area contributed by atoms with Crippen LogP contribution in [0, 0.1) is 5.92 Å². The molecule has 0 aliphatic carbocycles. The number of nitrogens with one attached hydrogen (secondary N) is 1. The molecule has 158 valence electrons. The molecule has 0 radical (unpaired) electrons. The molecule has 2 N–H and O–H groups in total. The largest absolute Gasteiger partial charge is 0.508 e. The number of fused-ring (bicyclic) bond motifs is 1. The number of phenols is 1. The van der Waals surface area contributed by atoms with E-state index >= 15 is 0 Å². The maximum atomic E-state index is 12.9. The van der Waals surface area contributed by atoms with Gasteiger partial charge >= 0.3 is 0 Å². The maximum Gasteiger partial charge on any atom is 0.237 e. The lowest BCUT2D eigenvalue weighted by Gasteiger charge is -2.36. The summed E-state index contributed by atoms with van der Waals surface area (Å²) in [6.07, 6.45) is 2.23. The number of nitrogens with zero attached hydrogens (tertiary/aromatic N) is 1. The number of para-hydroxylation sites is 1. The Morgan fingerprint density at radius 3 is 2.50 bits per heavy atom. The Kier molecular flexibility index (Phi) is 6.04. The van der Waals surface area contributed by atoms with Crippen molar-refractivity contribution in [2.75, 3.05) is 19.7 Å². The number of phenolic OH excluding ortho intramolecular Hbond substituents is 1. The number of amides is 1. The molecule has 0 bridgehead atoms. The van der Waals surface area contributed by atoms with E-state index in [0.717, 1.165) is 30.6 Å². The SMILES string of the molecule is CC(C(=O)NC1CCOc2ccccc21)N1CCC(C(=O)c2ccc(O)cc2)CC1. The number of carbonyl (C=O) groups excluding carboxylic acids is 2. The van der Waals surface area contributed by atoms with Crippen LogP contribution in [0.25, 0.3) is 0 Å². The molecule has 2 aliphatic rings. The van der Waals surface area contributed by atoms with E-state index in [4.69, 9.17) is 4.74 Å². The zero-order valence-corrected chi connectivity index (χ0v) is 17.2. The molecule has 2 atom stereocenters. The van der Waals surface area contributed by atoms with Gasteiger partial charge in [0.2, 0.25) is 5.91 Å². The van der Waals surface area contributed by atoms with Crippen molar-refractivity contribution in [3.8, 4) is 11.5 Å². The second kappa shape index (κ2) is 8.88. The number of likely N-dealkylation sites (tertiary alicyclic amines) is 1. The quantitative estimate of drug-likeness (QED) is 0.742. The monoisotopic (exact) mass is 408 g/mol. The number of hydrogen-bond donors (Lipinski definition) is 2. The van der Waals surface area contributed by atoms with E-state index in [-0.39, 0.29) is 35.4 Å². The topological polar surface area (TPSA) is 78.9 Å². The van der Waals surface area contributed by atoms with E-state index in [1.54, 1.807) is 24.3 Å². The van der Waals surface area contributed by atoms with Crippen molar-refractivity contribution < 1.29 is 19.4 Å². The third kappa shape index (κ3) is 4.33. The Bertz CT molecular complexity index is 904. The number of hydrogen-bond acceptors (Lipinski definition) is 5. The molecule has 30 heavy (non-hydrogen) atoms. The maximum absolute atomic E-state index is 12.9. The van der Waals surface area contributed by atoms with Gasteiger partial charge in [-0.25, -0.2) is 0 Å². The van der Waals surface area contributed by atoms with Gasteiger partial charge in [0.1, 0.15) is 11.5 Å². The van der Waals surface area contributed by atoms with Gasteiger partial charge < -0.3 is 15.2 Å². The fraction of sp³-hybridized carbons (Fsp3) is 0.417. The molecule has 2 aliphatic heterocycles. The third-order valence-electron chi connectivity index (χ3n) is 6.25. The average Bonchev–Trinajstić information content (AvgIpc) is 2.79. The Labute approximate surface area is 176 Å². The zero-order chi connectivity index (χ0) is 21.1. The molecule has 2 aromatic carbocycles. The lowest BCUT2D eigenvalue weighted by molar-refractivity contribution is -0.127. The summed E-state index contributed by atoms with van der Waals surface area (Å²) in [7, 11) is 0. The number of Topliss-reactive ketones (excluding diaryl/α,β-unsaturated/α-hetero) is 1. The minimum Gasteiger partial charge on any atom is -0.508 e. The molecule has 1 saturated heterocycles. The average molecular weight is 408 g/mol. The summed E-state index contributed by atoms with van der Waals surface area (Å²) in [5, 5.41) is 12.6. The van der Waals surface area contributed by atoms with Gasteiger partial charge in [-0.2, -0.15) is 0 Å². The molecular formula is C24H28N2O4. The number of aromatic hydroxyl groups is 1. The van der Waals surface area contributed by atoms with Crippen molar-refractivity contribution >= 4 is 11.7 Å². The Morgan fingerprint density at radius 2 is 1.77 bits per heavy atom. The van der Waals surface area contributed by atoms with Gasteiger partial charge in [-0.1, -0.05) is 18.2 Å². The van der Waals surface area contributed by atoms with Crippen LogP contribution >= 0.6 is 0 Å². The van der Waals surface area contributed by atoms with E-state index in [1.807, 2.05) is 31.2 Å². The number of ether oxygens (including phenoxy) is 1. The number of carbonyl (C=O) groups is 2. The van der Waals surface area contributed by atoms with Crippen LogP contribution in [0.5, 0.6) is 11.5 Å².